The van der Waals surface area contributed by atoms with E-state index in [0.29, 0.717) is 18.1 Å². The molecule has 1 atom stereocenters. The number of hydrogen-bond acceptors (Lipinski definition) is 4. The fraction of sp³-hybridized carbons (Fsp3) is 0.583. The van der Waals surface area contributed by atoms with Crippen molar-refractivity contribution in [2.75, 3.05) is 13.7 Å². The van der Waals surface area contributed by atoms with E-state index in [4.69, 9.17) is 10.5 Å². The molecule has 1 aromatic rings. The van der Waals surface area contributed by atoms with Crippen molar-refractivity contribution in [3.63, 3.8) is 0 Å². The maximum Gasteiger partial charge on any atom is 0.213 e. The quantitative estimate of drug-likeness (QED) is 0.804. The van der Waals surface area contributed by atoms with Crippen molar-refractivity contribution in [1.29, 1.82) is 0 Å². The second kappa shape index (κ2) is 4.39. The fourth-order valence-corrected chi connectivity index (χ4v) is 2.23. The molecule has 1 aromatic heterocycles. The first-order valence-electron chi connectivity index (χ1n) is 5.61. The van der Waals surface area contributed by atoms with E-state index < -0.39 is 6.10 Å². The number of aliphatic hydroxyl groups is 1. The van der Waals surface area contributed by atoms with E-state index in [1.807, 2.05) is 12.1 Å². The zero-order chi connectivity index (χ0) is 11.6. The number of pyridine rings is 1. The number of ether oxygens (including phenoxy) is 1. The molecule has 0 saturated heterocycles. The average molecular weight is 222 g/mol. The van der Waals surface area contributed by atoms with Gasteiger partial charge >= 0.3 is 0 Å². The van der Waals surface area contributed by atoms with Crippen LogP contribution >= 0.6 is 0 Å². The van der Waals surface area contributed by atoms with Gasteiger partial charge in [-0.1, -0.05) is 12.5 Å². The van der Waals surface area contributed by atoms with E-state index in [0.717, 1.165) is 19.3 Å². The zero-order valence-corrected chi connectivity index (χ0v) is 9.52. The van der Waals surface area contributed by atoms with Gasteiger partial charge in [-0.3, -0.25) is 0 Å². The Hall–Kier alpha value is -1.13. The van der Waals surface area contributed by atoms with E-state index in [9.17, 15) is 5.11 Å². The third kappa shape index (κ3) is 1.79. The Morgan fingerprint density at radius 1 is 1.56 bits per heavy atom. The van der Waals surface area contributed by atoms with Crippen LogP contribution in [0.4, 0.5) is 0 Å². The molecule has 3 N–H and O–H groups in total. The average Bonchev–Trinajstić information content (AvgIpc) is 2.28. The van der Waals surface area contributed by atoms with Crippen LogP contribution in [-0.2, 0) is 0 Å². The number of aromatic nitrogens is 1. The number of rotatable bonds is 4. The standard InChI is InChI=1S/C12H18N2O2/c1-16-10-5-2-4-9(14-10)11(15)12(8-13)6-3-7-12/h2,4-5,11,15H,3,6-8,13H2,1H3. The van der Waals surface area contributed by atoms with E-state index in [-0.39, 0.29) is 5.41 Å². The van der Waals surface area contributed by atoms with Crippen molar-refractivity contribution in [3.8, 4) is 5.88 Å². The Labute approximate surface area is 95.4 Å². The van der Waals surface area contributed by atoms with Crippen LogP contribution in [0.5, 0.6) is 5.88 Å². The molecule has 4 heteroatoms. The molecule has 0 radical (unpaired) electrons. The number of nitrogens with zero attached hydrogens (tertiary/aromatic N) is 1. The first-order valence-corrected chi connectivity index (χ1v) is 5.61. The Morgan fingerprint density at radius 3 is 2.81 bits per heavy atom. The van der Waals surface area contributed by atoms with Crippen LogP contribution in [0, 0.1) is 5.41 Å². The van der Waals surface area contributed by atoms with Crippen LogP contribution in [0.3, 0.4) is 0 Å². The topological polar surface area (TPSA) is 68.4 Å². The van der Waals surface area contributed by atoms with Crippen LogP contribution in [0.25, 0.3) is 0 Å². The number of hydrogen-bond donors (Lipinski definition) is 2. The van der Waals surface area contributed by atoms with Gasteiger partial charge in [0.05, 0.1) is 12.8 Å². The lowest BCUT2D eigenvalue weighted by atomic mass is 9.64. The third-order valence-electron chi connectivity index (χ3n) is 3.57. The normalized spacial score (nSPS) is 19.9. The number of nitrogens with two attached hydrogens (primary N) is 1. The fourth-order valence-electron chi connectivity index (χ4n) is 2.23. The smallest absolute Gasteiger partial charge is 0.213 e. The minimum Gasteiger partial charge on any atom is -0.481 e. The first kappa shape index (κ1) is 11.4. The molecule has 88 valence electrons. The molecular formula is C12H18N2O2. The highest BCUT2D eigenvalue weighted by Gasteiger charge is 2.43. The molecule has 0 aliphatic heterocycles. The van der Waals surface area contributed by atoms with Gasteiger partial charge in [-0.25, -0.2) is 4.98 Å². The van der Waals surface area contributed by atoms with Crippen LogP contribution in [0.1, 0.15) is 31.1 Å². The largest absolute Gasteiger partial charge is 0.481 e. The minimum atomic E-state index is -0.582. The van der Waals surface area contributed by atoms with Crippen molar-refractivity contribution >= 4 is 0 Å². The molecule has 0 amide bonds. The molecule has 0 aromatic carbocycles. The van der Waals surface area contributed by atoms with Gasteiger partial charge in [0.2, 0.25) is 5.88 Å². The second-order valence-corrected chi connectivity index (χ2v) is 4.43. The zero-order valence-electron chi connectivity index (χ0n) is 9.52. The van der Waals surface area contributed by atoms with Gasteiger partial charge in [0.25, 0.3) is 0 Å². The molecule has 1 aliphatic rings. The molecular weight excluding hydrogens is 204 g/mol. The molecule has 4 nitrogen and oxygen atoms in total. The third-order valence-corrected chi connectivity index (χ3v) is 3.57. The molecule has 1 unspecified atom stereocenters. The monoisotopic (exact) mass is 222 g/mol. The van der Waals surface area contributed by atoms with E-state index >= 15 is 0 Å². The summed E-state index contributed by atoms with van der Waals surface area (Å²) in [6.07, 6.45) is 2.51. The molecule has 1 saturated carbocycles. The lowest BCUT2D eigenvalue weighted by molar-refractivity contribution is -0.0324. The summed E-state index contributed by atoms with van der Waals surface area (Å²) in [6, 6.07) is 5.43. The van der Waals surface area contributed by atoms with Crippen molar-refractivity contribution < 1.29 is 9.84 Å². The molecule has 1 heterocycles. The first-order chi connectivity index (χ1) is 7.72. The molecule has 2 rings (SSSR count). The summed E-state index contributed by atoms with van der Waals surface area (Å²) in [5.74, 6) is 0.531. The van der Waals surface area contributed by atoms with Crippen LogP contribution in [0.2, 0.25) is 0 Å². The molecule has 1 aliphatic carbocycles. The maximum atomic E-state index is 10.3. The Balaban J connectivity index is 2.22. The predicted molar refractivity (Wildman–Crippen MR) is 61.1 cm³/mol. The van der Waals surface area contributed by atoms with Crippen LogP contribution < -0.4 is 10.5 Å². The predicted octanol–water partition coefficient (Wildman–Crippen LogP) is 1.25. The number of methoxy groups -OCH3 is 1. The van der Waals surface area contributed by atoms with Gasteiger partial charge < -0.3 is 15.6 Å². The van der Waals surface area contributed by atoms with Gasteiger partial charge in [-0.2, -0.15) is 0 Å². The van der Waals surface area contributed by atoms with Crippen LogP contribution in [0.15, 0.2) is 18.2 Å². The summed E-state index contributed by atoms with van der Waals surface area (Å²) in [4.78, 5) is 4.26. The van der Waals surface area contributed by atoms with Gasteiger partial charge in [0.1, 0.15) is 6.10 Å². The van der Waals surface area contributed by atoms with Crippen molar-refractivity contribution in [1.82, 2.24) is 4.98 Å². The van der Waals surface area contributed by atoms with Gasteiger partial charge in [0, 0.05) is 18.0 Å². The summed E-state index contributed by atoms with van der Waals surface area (Å²) in [5, 5.41) is 10.3. The summed E-state index contributed by atoms with van der Waals surface area (Å²) < 4.78 is 5.05. The van der Waals surface area contributed by atoms with Crippen molar-refractivity contribution in [3.05, 3.63) is 23.9 Å². The molecule has 0 bridgehead atoms. The van der Waals surface area contributed by atoms with E-state index in [2.05, 4.69) is 4.98 Å². The van der Waals surface area contributed by atoms with Crippen molar-refractivity contribution in [2.45, 2.75) is 25.4 Å². The summed E-state index contributed by atoms with van der Waals surface area (Å²) in [5.41, 5.74) is 6.25. The highest BCUT2D eigenvalue weighted by molar-refractivity contribution is 5.19. The van der Waals surface area contributed by atoms with Gasteiger partial charge in [0.15, 0.2) is 0 Å². The van der Waals surface area contributed by atoms with Crippen LogP contribution in [-0.4, -0.2) is 23.7 Å². The minimum absolute atomic E-state index is 0.167. The van der Waals surface area contributed by atoms with E-state index in [1.165, 1.54) is 0 Å². The van der Waals surface area contributed by atoms with Gasteiger partial charge in [-0.05, 0) is 18.9 Å². The second-order valence-electron chi connectivity index (χ2n) is 4.43. The Kier molecular flexibility index (Phi) is 3.12. The van der Waals surface area contributed by atoms with Crippen molar-refractivity contribution in [2.24, 2.45) is 11.1 Å². The number of aliphatic hydroxyl groups excluding tert-OH is 1. The molecule has 1 fully saturated rings. The molecule has 0 spiro atoms. The summed E-state index contributed by atoms with van der Waals surface area (Å²) in [7, 11) is 1.57. The highest BCUT2D eigenvalue weighted by Crippen LogP contribution is 2.49. The SMILES string of the molecule is COc1cccc(C(O)C2(CN)CCC2)n1. The summed E-state index contributed by atoms with van der Waals surface area (Å²) >= 11 is 0. The highest BCUT2D eigenvalue weighted by atomic mass is 16.5. The lowest BCUT2D eigenvalue weighted by Gasteiger charge is -2.44. The maximum absolute atomic E-state index is 10.3. The Bertz CT molecular complexity index is 358. The van der Waals surface area contributed by atoms with E-state index in [1.54, 1.807) is 13.2 Å². The lowest BCUT2D eigenvalue weighted by Crippen LogP contribution is -2.42. The van der Waals surface area contributed by atoms with Gasteiger partial charge in [-0.15, -0.1) is 0 Å². The summed E-state index contributed by atoms with van der Waals surface area (Å²) in [6.45, 7) is 0.507. The Morgan fingerprint density at radius 2 is 2.31 bits per heavy atom. The molecule has 16 heavy (non-hydrogen) atoms.